The predicted octanol–water partition coefficient (Wildman–Crippen LogP) is 3.06. The Hall–Kier alpha value is -0.780. The van der Waals surface area contributed by atoms with Crippen LogP contribution in [0, 0.1) is 11.8 Å². The maximum atomic E-state index is 12.8. The molecule has 0 spiro atoms. The minimum atomic E-state index is -4.26. The zero-order valence-corrected chi connectivity index (χ0v) is 11.3. The third kappa shape index (κ3) is 3.61. The molecule has 1 fully saturated rings. The summed E-state index contributed by atoms with van der Waals surface area (Å²) in [6.45, 7) is 3.30. The van der Waals surface area contributed by atoms with Crippen molar-refractivity contribution in [1.29, 1.82) is 0 Å². The summed E-state index contributed by atoms with van der Waals surface area (Å²) in [6, 6.07) is 0. The molecular weight excluding hydrogens is 261 g/mol. The summed E-state index contributed by atoms with van der Waals surface area (Å²) in [5.74, 6) is -2.92. The molecule has 112 valence electrons. The van der Waals surface area contributed by atoms with Crippen molar-refractivity contribution >= 4 is 5.97 Å². The van der Waals surface area contributed by atoms with Crippen LogP contribution in [0.1, 0.15) is 46.0 Å². The van der Waals surface area contributed by atoms with Crippen LogP contribution in [0.5, 0.6) is 0 Å². The highest BCUT2D eigenvalue weighted by molar-refractivity contribution is 5.79. The molecule has 3 nitrogen and oxygen atoms in total. The van der Waals surface area contributed by atoms with Gasteiger partial charge in [-0.25, -0.2) is 4.79 Å². The van der Waals surface area contributed by atoms with E-state index in [0.29, 0.717) is 12.8 Å². The summed E-state index contributed by atoms with van der Waals surface area (Å²) in [6.07, 6.45) is -3.52. The van der Waals surface area contributed by atoms with Crippen molar-refractivity contribution in [2.24, 2.45) is 11.8 Å². The van der Waals surface area contributed by atoms with Crippen LogP contribution in [0.3, 0.4) is 0 Å². The monoisotopic (exact) mass is 282 g/mol. The van der Waals surface area contributed by atoms with E-state index in [2.05, 4.69) is 0 Å². The molecule has 1 aliphatic carbocycles. The maximum Gasteiger partial charge on any atom is 0.391 e. The first-order valence-corrected chi connectivity index (χ1v) is 6.72. The number of hydrogen-bond acceptors (Lipinski definition) is 3. The molecule has 1 saturated carbocycles. The van der Waals surface area contributed by atoms with Gasteiger partial charge in [0.05, 0.1) is 12.5 Å². The molecule has 0 aromatic rings. The third-order valence-electron chi connectivity index (χ3n) is 3.98. The van der Waals surface area contributed by atoms with E-state index in [1.807, 2.05) is 0 Å². The molecule has 3 atom stereocenters. The van der Waals surface area contributed by atoms with Crippen molar-refractivity contribution in [2.75, 3.05) is 6.61 Å². The Morgan fingerprint density at radius 2 is 1.84 bits per heavy atom. The molecule has 0 saturated heterocycles. The summed E-state index contributed by atoms with van der Waals surface area (Å²) >= 11 is 0. The van der Waals surface area contributed by atoms with Gasteiger partial charge < -0.3 is 9.84 Å². The van der Waals surface area contributed by atoms with Gasteiger partial charge in [-0.1, -0.05) is 13.3 Å². The molecule has 1 N–H and O–H groups in total. The highest BCUT2D eigenvalue weighted by Crippen LogP contribution is 2.44. The van der Waals surface area contributed by atoms with Crippen molar-refractivity contribution < 1.29 is 27.8 Å². The number of alkyl halides is 3. The SMILES string of the molecule is CCOC(=O)C(O)(CC)C1CCCC(C(F)(F)F)C1. The first kappa shape index (κ1) is 16.3. The second-order valence-electron chi connectivity index (χ2n) is 5.10. The van der Waals surface area contributed by atoms with Crippen molar-refractivity contribution in [1.82, 2.24) is 0 Å². The fourth-order valence-corrected chi connectivity index (χ4v) is 2.78. The quantitative estimate of drug-likeness (QED) is 0.806. The standard InChI is InChI=1S/C13H21F3O3/c1-3-12(18,11(17)19-4-2)9-6-5-7-10(8-9)13(14,15)16/h9-10,18H,3-8H2,1-2H3. The Balaban J connectivity index is 2.84. The number of carbonyl (C=O) groups excluding carboxylic acids is 1. The fourth-order valence-electron chi connectivity index (χ4n) is 2.78. The minimum Gasteiger partial charge on any atom is -0.464 e. The topological polar surface area (TPSA) is 46.5 Å². The third-order valence-corrected chi connectivity index (χ3v) is 3.98. The van der Waals surface area contributed by atoms with Gasteiger partial charge in [-0.3, -0.25) is 0 Å². The van der Waals surface area contributed by atoms with Crippen LogP contribution < -0.4 is 0 Å². The molecule has 0 amide bonds. The van der Waals surface area contributed by atoms with E-state index in [9.17, 15) is 23.1 Å². The lowest BCUT2D eigenvalue weighted by Gasteiger charge is -2.39. The Bertz CT molecular complexity index is 317. The smallest absolute Gasteiger partial charge is 0.391 e. The minimum absolute atomic E-state index is 0.0705. The van der Waals surface area contributed by atoms with Crippen molar-refractivity contribution in [2.45, 2.75) is 57.7 Å². The zero-order chi connectivity index (χ0) is 14.7. The molecule has 0 aromatic heterocycles. The van der Waals surface area contributed by atoms with Gasteiger partial charge in [0.1, 0.15) is 0 Å². The first-order chi connectivity index (χ1) is 8.75. The van der Waals surface area contributed by atoms with Crippen molar-refractivity contribution in [3.8, 4) is 0 Å². The number of rotatable bonds is 4. The van der Waals surface area contributed by atoms with Crippen LogP contribution in [0.2, 0.25) is 0 Å². The van der Waals surface area contributed by atoms with Gasteiger partial charge in [-0.2, -0.15) is 13.2 Å². The van der Waals surface area contributed by atoms with E-state index in [-0.39, 0.29) is 25.9 Å². The van der Waals surface area contributed by atoms with Gasteiger partial charge in [-0.15, -0.1) is 0 Å². The van der Waals surface area contributed by atoms with Crippen LogP contribution in [-0.4, -0.2) is 29.5 Å². The molecule has 0 bridgehead atoms. The molecule has 0 heterocycles. The average Bonchev–Trinajstić information content (AvgIpc) is 2.37. The molecule has 19 heavy (non-hydrogen) atoms. The normalized spacial score (nSPS) is 27.7. The summed E-state index contributed by atoms with van der Waals surface area (Å²) in [7, 11) is 0. The van der Waals surface area contributed by atoms with E-state index < -0.39 is 29.6 Å². The number of aliphatic hydroxyl groups is 1. The van der Waals surface area contributed by atoms with E-state index in [1.54, 1.807) is 13.8 Å². The second kappa shape index (κ2) is 6.11. The van der Waals surface area contributed by atoms with Crippen LogP contribution in [0.15, 0.2) is 0 Å². The summed E-state index contributed by atoms with van der Waals surface area (Å²) in [4.78, 5) is 11.8. The van der Waals surface area contributed by atoms with Crippen molar-refractivity contribution in [3.63, 3.8) is 0 Å². The van der Waals surface area contributed by atoms with Gasteiger partial charge >= 0.3 is 12.1 Å². The van der Waals surface area contributed by atoms with Gasteiger partial charge in [0.25, 0.3) is 0 Å². The maximum absolute atomic E-state index is 12.8. The van der Waals surface area contributed by atoms with Crippen LogP contribution in [-0.2, 0) is 9.53 Å². The lowest BCUT2D eigenvalue weighted by atomic mass is 9.71. The molecule has 0 aromatic carbocycles. The van der Waals surface area contributed by atoms with Crippen LogP contribution >= 0.6 is 0 Å². The Labute approximate surface area is 111 Å². The largest absolute Gasteiger partial charge is 0.464 e. The number of carbonyl (C=O) groups is 1. The second-order valence-corrected chi connectivity index (χ2v) is 5.10. The van der Waals surface area contributed by atoms with E-state index >= 15 is 0 Å². The number of halogens is 3. The van der Waals surface area contributed by atoms with Crippen molar-refractivity contribution in [3.05, 3.63) is 0 Å². The first-order valence-electron chi connectivity index (χ1n) is 6.72. The zero-order valence-electron chi connectivity index (χ0n) is 11.3. The van der Waals surface area contributed by atoms with E-state index in [0.717, 1.165) is 0 Å². The highest BCUT2D eigenvalue weighted by atomic mass is 19.4. The lowest BCUT2D eigenvalue weighted by molar-refractivity contribution is -0.200. The van der Waals surface area contributed by atoms with E-state index in [4.69, 9.17) is 4.74 Å². The Morgan fingerprint density at radius 3 is 2.32 bits per heavy atom. The number of hydrogen-bond donors (Lipinski definition) is 1. The molecule has 6 heteroatoms. The molecule has 1 rings (SSSR count). The predicted molar refractivity (Wildman–Crippen MR) is 63.4 cm³/mol. The number of ether oxygens (including phenoxy) is 1. The molecule has 1 aliphatic rings. The van der Waals surface area contributed by atoms with Crippen LogP contribution in [0.25, 0.3) is 0 Å². The van der Waals surface area contributed by atoms with Gasteiger partial charge in [-0.05, 0) is 38.5 Å². The van der Waals surface area contributed by atoms with Crippen LogP contribution in [0.4, 0.5) is 13.2 Å². The summed E-state index contributed by atoms with van der Waals surface area (Å²) in [5.41, 5.74) is -1.79. The van der Waals surface area contributed by atoms with Gasteiger partial charge in [0.2, 0.25) is 0 Å². The van der Waals surface area contributed by atoms with Gasteiger partial charge in [0, 0.05) is 0 Å². The Kier molecular flexibility index (Phi) is 5.24. The lowest BCUT2D eigenvalue weighted by Crippen LogP contribution is -2.49. The molecule has 0 radical (unpaired) electrons. The molecule has 0 aliphatic heterocycles. The molecular formula is C13H21F3O3. The Morgan fingerprint density at radius 1 is 1.26 bits per heavy atom. The highest BCUT2D eigenvalue weighted by Gasteiger charge is 2.50. The average molecular weight is 282 g/mol. The number of esters is 1. The summed E-state index contributed by atoms with van der Waals surface area (Å²) in [5, 5.41) is 10.4. The van der Waals surface area contributed by atoms with E-state index in [1.165, 1.54) is 0 Å². The summed E-state index contributed by atoms with van der Waals surface area (Å²) < 4.78 is 43.1. The molecule has 3 unspecified atom stereocenters. The van der Waals surface area contributed by atoms with Gasteiger partial charge in [0.15, 0.2) is 5.60 Å². The fraction of sp³-hybridized carbons (Fsp3) is 0.923.